The van der Waals surface area contributed by atoms with Crippen molar-refractivity contribution >= 4 is 11.9 Å². The Morgan fingerprint density at radius 1 is 1.22 bits per heavy atom. The van der Waals surface area contributed by atoms with Gasteiger partial charge in [0, 0.05) is 40.0 Å². The Kier molecular flexibility index (Phi) is 8.75. The summed E-state index contributed by atoms with van der Waals surface area (Å²) in [4.78, 5) is 18.0. The van der Waals surface area contributed by atoms with E-state index in [0.29, 0.717) is 25.7 Å². The fourth-order valence-corrected chi connectivity index (χ4v) is 3.97. The van der Waals surface area contributed by atoms with Crippen LogP contribution in [0.2, 0.25) is 0 Å². The van der Waals surface area contributed by atoms with Crippen LogP contribution < -0.4 is 15.4 Å². The second-order valence-corrected chi connectivity index (χ2v) is 9.00. The highest BCUT2D eigenvalue weighted by molar-refractivity contribution is 5.84. The van der Waals surface area contributed by atoms with Crippen LogP contribution in [0.3, 0.4) is 0 Å². The van der Waals surface area contributed by atoms with Gasteiger partial charge >= 0.3 is 0 Å². The molecule has 1 aromatic carbocycles. The summed E-state index contributed by atoms with van der Waals surface area (Å²) in [5.74, 6) is 1.75. The average molecular weight is 447 g/mol. The third-order valence-electron chi connectivity index (χ3n) is 6.18. The summed E-state index contributed by atoms with van der Waals surface area (Å²) < 4.78 is 17.6. The second kappa shape index (κ2) is 11.5. The van der Waals surface area contributed by atoms with Gasteiger partial charge < -0.3 is 29.7 Å². The molecule has 1 amide bonds. The van der Waals surface area contributed by atoms with E-state index in [1.54, 1.807) is 26.1 Å². The number of likely N-dealkylation sites (N-methyl/N-ethyl adjacent to an activating group) is 1. The predicted molar refractivity (Wildman–Crippen MR) is 125 cm³/mol. The van der Waals surface area contributed by atoms with Gasteiger partial charge in [0.2, 0.25) is 5.91 Å². The van der Waals surface area contributed by atoms with Crippen molar-refractivity contribution < 1.29 is 19.0 Å². The van der Waals surface area contributed by atoms with Crippen molar-refractivity contribution in [2.75, 3.05) is 47.4 Å². The van der Waals surface area contributed by atoms with Crippen LogP contribution in [-0.4, -0.2) is 76.1 Å². The molecule has 32 heavy (non-hydrogen) atoms. The van der Waals surface area contributed by atoms with Crippen LogP contribution in [0.5, 0.6) is 5.75 Å². The molecular formula is C24H38N4O4. The predicted octanol–water partition coefficient (Wildman–Crippen LogP) is 2.18. The molecule has 0 aromatic heterocycles. The van der Waals surface area contributed by atoms with Gasteiger partial charge in [-0.2, -0.15) is 0 Å². The molecule has 1 spiro atoms. The number of guanidine groups is 1. The molecule has 1 aliphatic carbocycles. The molecule has 1 heterocycles. The van der Waals surface area contributed by atoms with Crippen molar-refractivity contribution in [3.8, 4) is 5.75 Å². The maximum Gasteiger partial charge on any atom is 0.243 e. The molecule has 1 aromatic rings. The van der Waals surface area contributed by atoms with E-state index in [1.165, 1.54) is 5.56 Å². The van der Waals surface area contributed by atoms with Crippen LogP contribution in [-0.2, 0) is 20.7 Å². The number of rotatable bonds is 8. The molecule has 1 unspecified atom stereocenters. The quantitative estimate of drug-likeness (QED) is 0.470. The summed E-state index contributed by atoms with van der Waals surface area (Å²) >= 11 is 0. The van der Waals surface area contributed by atoms with Crippen molar-refractivity contribution in [1.29, 1.82) is 0 Å². The number of nitrogens with zero attached hydrogens (tertiary/aromatic N) is 2. The zero-order chi connectivity index (χ0) is 23.0. The minimum atomic E-state index is -0.404. The number of carbonyl (C=O) groups excluding carboxylic acids is 1. The van der Waals surface area contributed by atoms with Gasteiger partial charge in [-0.15, -0.1) is 0 Å². The number of nitrogens with one attached hydrogen (secondary N) is 2. The van der Waals surface area contributed by atoms with Gasteiger partial charge in [0.25, 0.3) is 0 Å². The molecule has 8 nitrogen and oxygen atoms in total. The number of hydrogen-bond acceptors (Lipinski definition) is 5. The van der Waals surface area contributed by atoms with Crippen LogP contribution >= 0.6 is 0 Å². The van der Waals surface area contributed by atoms with Crippen LogP contribution in [0.25, 0.3) is 0 Å². The normalized spacial score (nSPS) is 25.6. The van der Waals surface area contributed by atoms with E-state index in [9.17, 15) is 4.79 Å². The first-order chi connectivity index (χ1) is 15.4. The van der Waals surface area contributed by atoms with Gasteiger partial charge in [0.05, 0.1) is 13.7 Å². The van der Waals surface area contributed by atoms with E-state index >= 15 is 0 Å². The van der Waals surface area contributed by atoms with Gasteiger partial charge in [-0.25, -0.2) is 4.99 Å². The third-order valence-corrected chi connectivity index (χ3v) is 6.18. The molecule has 0 bridgehead atoms. The van der Waals surface area contributed by atoms with Crippen molar-refractivity contribution in [3.05, 3.63) is 29.8 Å². The third kappa shape index (κ3) is 7.10. The molecule has 8 heteroatoms. The highest BCUT2D eigenvalue weighted by Crippen LogP contribution is 2.39. The topological polar surface area (TPSA) is 84.4 Å². The van der Waals surface area contributed by atoms with Gasteiger partial charge in [0.15, 0.2) is 11.7 Å². The summed E-state index contributed by atoms with van der Waals surface area (Å²) in [7, 11) is 5.13. The number of methoxy groups -OCH3 is 1. The zero-order valence-corrected chi connectivity index (χ0v) is 19.9. The van der Waals surface area contributed by atoms with Crippen molar-refractivity contribution in [1.82, 2.24) is 15.5 Å². The fourth-order valence-electron chi connectivity index (χ4n) is 3.97. The number of benzene rings is 1. The van der Waals surface area contributed by atoms with E-state index in [4.69, 9.17) is 14.2 Å². The maximum atomic E-state index is 12.0. The molecule has 1 saturated heterocycles. The first-order valence-electron chi connectivity index (χ1n) is 11.6. The fraction of sp³-hybridized carbons (Fsp3) is 0.667. The molecule has 3 rings (SSSR count). The lowest BCUT2D eigenvalue weighted by Crippen LogP contribution is -2.44. The van der Waals surface area contributed by atoms with Crippen molar-refractivity contribution in [2.45, 2.75) is 50.9 Å². The number of aliphatic imine (C=N–C) groups is 1. The number of amides is 1. The molecule has 1 saturated carbocycles. The molecule has 1 atom stereocenters. The molecule has 0 radical (unpaired) electrons. The Hall–Kier alpha value is -2.32. The van der Waals surface area contributed by atoms with Crippen LogP contribution in [0.4, 0.5) is 0 Å². The van der Waals surface area contributed by atoms with Crippen molar-refractivity contribution in [3.63, 3.8) is 0 Å². The lowest BCUT2D eigenvalue weighted by atomic mass is 9.86. The smallest absolute Gasteiger partial charge is 0.243 e. The SMILES string of the molecule is COc1ccc(CCNC(=NCC(=O)N(C)C)NCC2COC3(CCC(C)CC3)O2)cc1. The molecule has 2 aliphatic rings. The number of ether oxygens (including phenoxy) is 3. The molecule has 2 N–H and O–H groups in total. The Balaban J connectivity index is 1.50. The van der Waals surface area contributed by atoms with Gasteiger partial charge in [0.1, 0.15) is 18.4 Å². The molecule has 2 fully saturated rings. The van der Waals surface area contributed by atoms with E-state index < -0.39 is 5.79 Å². The van der Waals surface area contributed by atoms with E-state index in [2.05, 4.69) is 34.7 Å². The molecular weight excluding hydrogens is 408 g/mol. The standard InChI is InChI=1S/C24H38N4O4/c1-18-9-12-24(13-10-18)31-17-21(32-24)15-26-23(27-16-22(29)28(2)3)25-14-11-19-5-7-20(30-4)8-6-19/h5-8,18,21H,9-17H2,1-4H3,(H2,25,26,27). The van der Waals surface area contributed by atoms with Crippen LogP contribution in [0, 0.1) is 5.92 Å². The number of carbonyl (C=O) groups is 1. The maximum absolute atomic E-state index is 12.0. The Morgan fingerprint density at radius 2 is 1.94 bits per heavy atom. The first kappa shape index (κ1) is 24.3. The summed E-state index contributed by atoms with van der Waals surface area (Å²) in [6.07, 6.45) is 5.02. The van der Waals surface area contributed by atoms with Crippen LogP contribution in [0.15, 0.2) is 29.3 Å². The monoisotopic (exact) mass is 446 g/mol. The average Bonchev–Trinajstić information content (AvgIpc) is 3.20. The largest absolute Gasteiger partial charge is 0.497 e. The van der Waals surface area contributed by atoms with E-state index in [1.807, 2.05) is 12.1 Å². The summed E-state index contributed by atoms with van der Waals surface area (Å²) in [5, 5.41) is 6.67. The van der Waals surface area contributed by atoms with Crippen LogP contribution in [0.1, 0.15) is 38.2 Å². The minimum absolute atomic E-state index is 0.0263. The van der Waals surface area contributed by atoms with Gasteiger partial charge in [-0.1, -0.05) is 19.1 Å². The number of hydrogen-bond donors (Lipinski definition) is 2. The highest BCUT2D eigenvalue weighted by Gasteiger charge is 2.43. The minimum Gasteiger partial charge on any atom is -0.497 e. The van der Waals surface area contributed by atoms with Gasteiger partial charge in [-0.05, 0) is 42.9 Å². The lowest BCUT2D eigenvalue weighted by molar-refractivity contribution is -0.191. The van der Waals surface area contributed by atoms with E-state index in [0.717, 1.165) is 43.8 Å². The second-order valence-electron chi connectivity index (χ2n) is 9.00. The Morgan fingerprint density at radius 3 is 2.59 bits per heavy atom. The summed E-state index contributed by atoms with van der Waals surface area (Å²) in [6.45, 7) is 4.24. The summed E-state index contributed by atoms with van der Waals surface area (Å²) in [6, 6.07) is 8.01. The lowest BCUT2D eigenvalue weighted by Gasteiger charge is -2.34. The summed E-state index contributed by atoms with van der Waals surface area (Å²) in [5.41, 5.74) is 1.20. The Bertz CT molecular complexity index is 758. The first-order valence-corrected chi connectivity index (χ1v) is 11.6. The Labute approximate surface area is 191 Å². The zero-order valence-electron chi connectivity index (χ0n) is 19.9. The van der Waals surface area contributed by atoms with E-state index in [-0.39, 0.29) is 18.6 Å². The van der Waals surface area contributed by atoms with Crippen molar-refractivity contribution in [2.24, 2.45) is 10.9 Å². The molecule has 1 aliphatic heterocycles. The highest BCUT2D eigenvalue weighted by atomic mass is 16.7. The molecule has 178 valence electrons. The van der Waals surface area contributed by atoms with Gasteiger partial charge in [-0.3, -0.25) is 4.79 Å².